The van der Waals surface area contributed by atoms with Crippen LogP contribution in [0, 0.1) is 5.82 Å². The topological polar surface area (TPSA) is 124 Å². The summed E-state index contributed by atoms with van der Waals surface area (Å²) in [5.41, 5.74) is 11.7. The number of pyridine rings is 1. The highest BCUT2D eigenvalue weighted by atomic mass is 32.1. The molecule has 1 atom stereocenters. The standard InChI is InChI=1S/C19H16F3N5O3S/c1-9(17(24)29)27(11-2-3-13(12(20)8-11)30-18(21)22)19-26-16(23)15(31-19)14(28)10-4-6-25-7-5-10/h2-9,18H,23H2,1H3,(H2,24,29)/t9-/m1/s1. The molecule has 0 bridgehead atoms. The molecule has 31 heavy (non-hydrogen) atoms. The number of anilines is 3. The second kappa shape index (κ2) is 9.00. The number of rotatable bonds is 8. The number of primary amides is 1. The Labute approximate surface area is 178 Å². The van der Waals surface area contributed by atoms with Crippen LogP contribution in [-0.4, -0.2) is 34.3 Å². The van der Waals surface area contributed by atoms with Crippen LogP contribution < -0.4 is 21.1 Å². The first-order chi connectivity index (χ1) is 14.7. The van der Waals surface area contributed by atoms with E-state index in [0.29, 0.717) is 5.56 Å². The van der Waals surface area contributed by atoms with E-state index in [9.17, 15) is 22.8 Å². The SMILES string of the molecule is C[C@H](C(N)=O)N(c1ccc(OC(F)F)c(F)c1)c1nc(N)c(C(=O)c2ccncc2)s1. The van der Waals surface area contributed by atoms with E-state index in [4.69, 9.17) is 11.5 Å². The number of aromatic nitrogens is 2. The summed E-state index contributed by atoms with van der Waals surface area (Å²) < 4.78 is 43.2. The second-order valence-corrected chi connectivity index (χ2v) is 7.19. The predicted molar refractivity (Wildman–Crippen MR) is 108 cm³/mol. The summed E-state index contributed by atoms with van der Waals surface area (Å²) in [7, 11) is 0. The molecule has 1 amide bonds. The molecule has 0 saturated carbocycles. The lowest BCUT2D eigenvalue weighted by Gasteiger charge is -2.27. The zero-order valence-electron chi connectivity index (χ0n) is 16.0. The van der Waals surface area contributed by atoms with Crippen molar-refractivity contribution in [2.45, 2.75) is 19.6 Å². The fourth-order valence-corrected chi connectivity index (χ4v) is 3.73. The number of carbonyl (C=O) groups excluding carboxylic acids is 2. The summed E-state index contributed by atoms with van der Waals surface area (Å²) in [6, 6.07) is 5.10. The number of ether oxygens (including phenoxy) is 1. The van der Waals surface area contributed by atoms with Crippen molar-refractivity contribution in [3.63, 3.8) is 0 Å². The van der Waals surface area contributed by atoms with Crippen LogP contribution in [0.4, 0.5) is 29.8 Å². The Kier molecular flexibility index (Phi) is 6.39. The number of amides is 1. The summed E-state index contributed by atoms with van der Waals surface area (Å²) in [5, 5.41) is 0.0862. The number of alkyl halides is 2. The molecule has 162 valence electrons. The summed E-state index contributed by atoms with van der Waals surface area (Å²) in [4.78, 5) is 34.0. The molecule has 0 aliphatic carbocycles. The molecule has 3 aromatic rings. The zero-order chi connectivity index (χ0) is 22.7. The Bertz CT molecular complexity index is 1110. The molecular weight excluding hydrogens is 435 g/mol. The molecule has 0 aliphatic heterocycles. The average molecular weight is 451 g/mol. The van der Waals surface area contributed by atoms with Gasteiger partial charge < -0.3 is 21.1 Å². The first kappa shape index (κ1) is 22.0. The van der Waals surface area contributed by atoms with Gasteiger partial charge in [0.2, 0.25) is 11.7 Å². The number of nitrogen functional groups attached to an aromatic ring is 1. The molecule has 2 aromatic heterocycles. The van der Waals surface area contributed by atoms with E-state index in [2.05, 4.69) is 14.7 Å². The quantitative estimate of drug-likeness (QED) is 0.504. The van der Waals surface area contributed by atoms with Crippen molar-refractivity contribution >= 4 is 39.7 Å². The maximum Gasteiger partial charge on any atom is 0.387 e. The van der Waals surface area contributed by atoms with Crippen molar-refractivity contribution < 1.29 is 27.5 Å². The number of halogens is 3. The fourth-order valence-electron chi connectivity index (χ4n) is 2.68. The van der Waals surface area contributed by atoms with Crippen LogP contribution in [0.2, 0.25) is 0 Å². The van der Waals surface area contributed by atoms with Crippen LogP contribution >= 0.6 is 11.3 Å². The van der Waals surface area contributed by atoms with Crippen molar-refractivity contribution in [3.8, 4) is 5.75 Å². The van der Waals surface area contributed by atoms with Gasteiger partial charge in [-0.05, 0) is 31.2 Å². The van der Waals surface area contributed by atoms with E-state index >= 15 is 0 Å². The molecule has 3 rings (SSSR count). The largest absolute Gasteiger partial charge is 0.432 e. The monoisotopic (exact) mass is 451 g/mol. The van der Waals surface area contributed by atoms with E-state index in [1.165, 1.54) is 42.4 Å². The third kappa shape index (κ3) is 4.74. The van der Waals surface area contributed by atoms with Crippen molar-refractivity contribution in [2.24, 2.45) is 5.73 Å². The molecule has 1 aromatic carbocycles. The highest BCUT2D eigenvalue weighted by Gasteiger charge is 2.28. The van der Waals surface area contributed by atoms with Crippen molar-refractivity contribution in [1.29, 1.82) is 0 Å². The third-order valence-electron chi connectivity index (χ3n) is 4.21. The Morgan fingerprint density at radius 2 is 1.87 bits per heavy atom. The van der Waals surface area contributed by atoms with Crippen LogP contribution in [0.15, 0.2) is 42.7 Å². The van der Waals surface area contributed by atoms with E-state index in [0.717, 1.165) is 23.5 Å². The maximum absolute atomic E-state index is 14.3. The Morgan fingerprint density at radius 3 is 2.45 bits per heavy atom. The van der Waals surface area contributed by atoms with Crippen molar-refractivity contribution in [3.05, 3.63) is 59.0 Å². The molecule has 0 radical (unpaired) electrons. The number of benzene rings is 1. The smallest absolute Gasteiger partial charge is 0.387 e. The molecule has 0 spiro atoms. The Morgan fingerprint density at radius 1 is 1.19 bits per heavy atom. The van der Waals surface area contributed by atoms with E-state index in [1.807, 2.05) is 0 Å². The second-order valence-electron chi connectivity index (χ2n) is 6.22. The first-order valence-electron chi connectivity index (χ1n) is 8.73. The van der Waals surface area contributed by atoms with Gasteiger partial charge in [-0.1, -0.05) is 11.3 Å². The minimum absolute atomic E-state index is 0.0714. The number of carbonyl (C=O) groups is 2. The Hall–Kier alpha value is -3.67. The van der Waals surface area contributed by atoms with Gasteiger partial charge in [-0.25, -0.2) is 9.37 Å². The van der Waals surface area contributed by atoms with Gasteiger partial charge in [-0.2, -0.15) is 8.78 Å². The van der Waals surface area contributed by atoms with Gasteiger partial charge in [-0.15, -0.1) is 0 Å². The van der Waals surface area contributed by atoms with Crippen LogP contribution in [0.1, 0.15) is 22.2 Å². The van der Waals surface area contributed by atoms with Gasteiger partial charge >= 0.3 is 6.61 Å². The third-order valence-corrected chi connectivity index (χ3v) is 5.27. The van der Waals surface area contributed by atoms with Gasteiger partial charge in [-0.3, -0.25) is 14.6 Å². The number of thiazole rings is 1. The highest BCUT2D eigenvalue weighted by molar-refractivity contribution is 7.18. The number of ketones is 1. The minimum Gasteiger partial charge on any atom is -0.432 e. The molecule has 0 saturated heterocycles. The normalized spacial score (nSPS) is 11.9. The average Bonchev–Trinajstić information content (AvgIpc) is 3.10. The first-order valence-corrected chi connectivity index (χ1v) is 9.54. The minimum atomic E-state index is -3.21. The molecular formula is C19H16F3N5O3S. The molecule has 12 heteroatoms. The lowest BCUT2D eigenvalue weighted by Crippen LogP contribution is -2.40. The number of nitrogens with zero attached hydrogens (tertiary/aromatic N) is 3. The van der Waals surface area contributed by atoms with Gasteiger partial charge in [0.05, 0.1) is 0 Å². The molecule has 8 nitrogen and oxygen atoms in total. The maximum atomic E-state index is 14.3. The summed E-state index contributed by atoms with van der Waals surface area (Å²) in [5.74, 6) is -3.04. The van der Waals surface area contributed by atoms with Crippen LogP contribution in [0.5, 0.6) is 5.75 Å². The van der Waals surface area contributed by atoms with Crippen molar-refractivity contribution in [1.82, 2.24) is 9.97 Å². The van der Waals surface area contributed by atoms with Gasteiger partial charge in [0.25, 0.3) is 0 Å². The van der Waals surface area contributed by atoms with Gasteiger partial charge in [0.1, 0.15) is 16.7 Å². The molecule has 0 unspecified atom stereocenters. The molecule has 0 fully saturated rings. The van der Waals surface area contributed by atoms with Crippen molar-refractivity contribution in [2.75, 3.05) is 10.6 Å². The highest BCUT2D eigenvalue weighted by Crippen LogP contribution is 2.37. The van der Waals surface area contributed by atoms with Crippen LogP contribution in [0.3, 0.4) is 0 Å². The fraction of sp³-hybridized carbons (Fsp3) is 0.158. The summed E-state index contributed by atoms with van der Waals surface area (Å²) in [6.07, 6.45) is 2.89. The summed E-state index contributed by atoms with van der Waals surface area (Å²) in [6.45, 7) is -1.77. The number of hydrogen-bond donors (Lipinski definition) is 2. The van der Waals surface area contributed by atoms with E-state index < -0.39 is 35.9 Å². The lowest BCUT2D eigenvalue weighted by atomic mass is 10.1. The lowest BCUT2D eigenvalue weighted by molar-refractivity contribution is -0.118. The molecule has 0 aliphatic rings. The van der Waals surface area contributed by atoms with Gasteiger partial charge in [0.15, 0.2) is 16.7 Å². The molecule has 2 heterocycles. The van der Waals surface area contributed by atoms with Gasteiger partial charge in [0, 0.05) is 29.7 Å². The van der Waals surface area contributed by atoms with Crippen LogP contribution in [0.25, 0.3) is 0 Å². The zero-order valence-corrected chi connectivity index (χ0v) is 16.8. The number of hydrogen-bond acceptors (Lipinski definition) is 8. The molecule has 4 N–H and O–H groups in total. The van der Waals surface area contributed by atoms with Crippen LogP contribution in [-0.2, 0) is 4.79 Å². The number of nitrogens with two attached hydrogens (primary N) is 2. The predicted octanol–water partition coefficient (Wildman–Crippen LogP) is 3.10. The summed E-state index contributed by atoms with van der Waals surface area (Å²) >= 11 is 0.870. The van der Waals surface area contributed by atoms with E-state index in [1.54, 1.807) is 0 Å². The Balaban J connectivity index is 2.04. The van der Waals surface area contributed by atoms with E-state index in [-0.39, 0.29) is 21.5 Å².